The zero-order valence-electron chi connectivity index (χ0n) is 18.8. The molecule has 0 spiro atoms. The lowest BCUT2D eigenvalue weighted by Gasteiger charge is -2.28. The molecule has 4 heterocycles. The summed E-state index contributed by atoms with van der Waals surface area (Å²) in [6.07, 6.45) is 7.40. The van der Waals surface area contributed by atoms with E-state index in [-0.39, 0.29) is 11.9 Å². The third-order valence-corrected chi connectivity index (χ3v) is 6.12. The quantitative estimate of drug-likeness (QED) is 0.439. The van der Waals surface area contributed by atoms with Gasteiger partial charge >= 0.3 is 0 Å². The van der Waals surface area contributed by atoms with Gasteiger partial charge in [0.25, 0.3) is 0 Å². The lowest BCUT2D eigenvalue weighted by atomic mass is 10.1. The lowest BCUT2D eigenvalue weighted by molar-refractivity contribution is 0.122. The number of morpholine rings is 1. The van der Waals surface area contributed by atoms with Crippen molar-refractivity contribution in [3.8, 4) is 22.6 Å². The third kappa shape index (κ3) is 4.36. The number of imidazole rings is 1. The second-order valence-electron chi connectivity index (χ2n) is 8.29. The average molecular weight is 444 g/mol. The van der Waals surface area contributed by atoms with Gasteiger partial charge in [0.2, 0.25) is 0 Å². The van der Waals surface area contributed by atoms with Gasteiger partial charge in [-0.3, -0.25) is 9.97 Å². The smallest absolute Gasteiger partial charge is 0.159 e. The first kappa shape index (κ1) is 21.3. The van der Waals surface area contributed by atoms with Crippen molar-refractivity contribution >= 4 is 5.69 Å². The van der Waals surface area contributed by atoms with Gasteiger partial charge in [0.15, 0.2) is 5.82 Å². The van der Waals surface area contributed by atoms with Crippen molar-refractivity contribution in [2.24, 2.45) is 0 Å². The van der Waals surface area contributed by atoms with E-state index >= 15 is 0 Å². The second-order valence-corrected chi connectivity index (χ2v) is 8.29. The fraction of sp³-hybridized carbons (Fsp3) is 0.269. The Morgan fingerprint density at radius 2 is 1.82 bits per heavy atom. The van der Waals surface area contributed by atoms with Gasteiger partial charge in [-0.05, 0) is 55.3 Å². The lowest BCUT2D eigenvalue weighted by Crippen LogP contribution is -2.36. The highest BCUT2D eigenvalue weighted by Crippen LogP contribution is 2.30. The molecule has 7 heteroatoms. The van der Waals surface area contributed by atoms with Crippen LogP contribution in [0.25, 0.3) is 22.6 Å². The Bertz CT molecular complexity index is 1270. The third-order valence-electron chi connectivity index (χ3n) is 6.12. The number of benzene rings is 1. The maximum Gasteiger partial charge on any atom is 0.159 e. The minimum Gasteiger partial charge on any atom is -0.378 e. The largest absolute Gasteiger partial charge is 0.378 e. The molecule has 1 unspecified atom stereocenters. The van der Waals surface area contributed by atoms with Crippen LogP contribution in [-0.4, -0.2) is 45.8 Å². The molecule has 3 aromatic heterocycles. The number of rotatable bonds is 5. The van der Waals surface area contributed by atoms with Crippen molar-refractivity contribution in [2.75, 3.05) is 31.2 Å². The molecule has 168 valence electrons. The van der Waals surface area contributed by atoms with Gasteiger partial charge in [-0.2, -0.15) is 0 Å². The molecule has 4 aromatic rings. The summed E-state index contributed by atoms with van der Waals surface area (Å²) < 4.78 is 21.4. The summed E-state index contributed by atoms with van der Waals surface area (Å²) in [6.45, 7) is 7.24. The van der Waals surface area contributed by atoms with Crippen LogP contribution in [0.3, 0.4) is 0 Å². The SMILES string of the molecule is Cc1cnc(-c2cc(-c3cncc(N4CCOCC4)c3)ccn2)n1C(C)c1cccc(F)c1. The summed E-state index contributed by atoms with van der Waals surface area (Å²) >= 11 is 0. The molecule has 33 heavy (non-hydrogen) atoms. The molecule has 1 atom stereocenters. The Morgan fingerprint density at radius 3 is 2.64 bits per heavy atom. The molecular weight excluding hydrogens is 417 g/mol. The van der Waals surface area contributed by atoms with Gasteiger partial charge in [0.05, 0.1) is 31.1 Å². The number of anilines is 1. The van der Waals surface area contributed by atoms with E-state index in [1.807, 2.05) is 50.6 Å². The Kier molecular flexibility index (Phi) is 5.88. The van der Waals surface area contributed by atoms with E-state index in [0.717, 1.165) is 65.9 Å². The van der Waals surface area contributed by atoms with Crippen LogP contribution < -0.4 is 4.90 Å². The van der Waals surface area contributed by atoms with Crippen molar-refractivity contribution in [3.05, 3.63) is 84.3 Å². The van der Waals surface area contributed by atoms with Gasteiger partial charge in [0, 0.05) is 42.9 Å². The summed E-state index contributed by atoms with van der Waals surface area (Å²) in [5.74, 6) is 0.509. The normalized spacial score (nSPS) is 14.9. The molecule has 1 saturated heterocycles. The van der Waals surface area contributed by atoms with Crippen molar-refractivity contribution in [2.45, 2.75) is 19.9 Å². The van der Waals surface area contributed by atoms with Gasteiger partial charge in [0.1, 0.15) is 11.5 Å². The topological polar surface area (TPSA) is 56.1 Å². The molecule has 0 bridgehead atoms. The maximum absolute atomic E-state index is 13.8. The number of nitrogens with zero attached hydrogens (tertiary/aromatic N) is 5. The van der Waals surface area contributed by atoms with E-state index in [1.165, 1.54) is 6.07 Å². The molecule has 1 fully saturated rings. The summed E-state index contributed by atoms with van der Waals surface area (Å²) in [7, 11) is 0. The van der Waals surface area contributed by atoms with Crippen molar-refractivity contribution < 1.29 is 9.13 Å². The van der Waals surface area contributed by atoms with E-state index in [2.05, 4.69) is 30.5 Å². The van der Waals surface area contributed by atoms with Crippen LogP contribution in [0.2, 0.25) is 0 Å². The highest BCUT2D eigenvalue weighted by Gasteiger charge is 2.19. The highest BCUT2D eigenvalue weighted by molar-refractivity contribution is 5.70. The Hall–Kier alpha value is -3.58. The molecule has 0 radical (unpaired) electrons. The Labute approximate surface area is 192 Å². The first-order chi connectivity index (χ1) is 16.1. The zero-order valence-corrected chi connectivity index (χ0v) is 18.8. The van der Waals surface area contributed by atoms with Crippen LogP contribution in [0.1, 0.15) is 24.2 Å². The predicted molar refractivity (Wildman–Crippen MR) is 127 cm³/mol. The summed E-state index contributed by atoms with van der Waals surface area (Å²) in [6, 6.07) is 12.8. The first-order valence-corrected chi connectivity index (χ1v) is 11.1. The molecule has 0 amide bonds. The average Bonchev–Trinajstić information content (AvgIpc) is 3.25. The summed E-state index contributed by atoms with van der Waals surface area (Å²) in [5.41, 5.74) is 5.77. The Balaban J connectivity index is 1.50. The monoisotopic (exact) mass is 443 g/mol. The Morgan fingerprint density at radius 1 is 0.970 bits per heavy atom. The van der Waals surface area contributed by atoms with Crippen LogP contribution >= 0.6 is 0 Å². The molecule has 6 nitrogen and oxygen atoms in total. The van der Waals surface area contributed by atoms with E-state index < -0.39 is 0 Å². The summed E-state index contributed by atoms with van der Waals surface area (Å²) in [4.78, 5) is 16.0. The minimum atomic E-state index is -0.244. The standard InChI is InChI=1S/C26H26FN5O/c1-18-15-30-26(32(18)19(2)20-4-3-5-23(27)12-20)25-14-21(6-7-29-25)22-13-24(17-28-16-22)31-8-10-33-11-9-31/h3-7,12-17,19H,8-11H2,1-2H3. The molecule has 1 aliphatic heterocycles. The molecule has 5 rings (SSSR count). The van der Waals surface area contributed by atoms with E-state index in [0.29, 0.717) is 0 Å². The molecule has 0 aliphatic carbocycles. The number of hydrogen-bond acceptors (Lipinski definition) is 5. The fourth-order valence-corrected chi connectivity index (χ4v) is 4.35. The zero-order chi connectivity index (χ0) is 22.8. The molecule has 1 aliphatic rings. The van der Waals surface area contributed by atoms with Crippen LogP contribution in [0.15, 0.2) is 67.3 Å². The highest BCUT2D eigenvalue weighted by atomic mass is 19.1. The molecular formula is C26H26FN5O. The number of halogens is 1. The fourth-order valence-electron chi connectivity index (χ4n) is 4.35. The van der Waals surface area contributed by atoms with Crippen LogP contribution in [0.5, 0.6) is 0 Å². The van der Waals surface area contributed by atoms with Gasteiger partial charge in [-0.25, -0.2) is 9.37 Å². The van der Waals surface area contributed by atoms with Crippen molar-refractivity contribution in [1.82, 2.24) is 19.5 Å². The number of ether oxygens (including phenoxy) is 1. The number of hydrogen-bond donors (Lipinski definition) is 0. The van der Waals surface area contributed by atoms with Gasteiger partial charge < -0.3 is 14.2 Å². The molecule has 0 saturated carbocycles. The number of pyridine rings is 2. The van der Waals surface area contributed by atoms with Crippen LogP contribution in [0, 0.1) is 12.7 Å². The van der Waals surface area contributed by atoms with Crippen LogP contribution in [-0.2, 0) is 4.74 Å². The molecule has 1 aromatic carbocycles. The van der Waals surface area contributed by atoms with E-state index in [1.54, 1.807) is 18.3 Å². The first-order valence-electron chi connectivity index (χ1n) is 11.1. The van der Waals surface area contributed by atoms with Gasteiger partial charge in [-0.1, -0.05) is 12.1 Å². The van der Waals surface area contributed by atoms with Crippen molar-refractivity contribution in [1.29, 1.82) is 0 Å². The molecule has 0 N–H and O–H groups in total. The number of aryl methyl sites for hydroxylation is 1. The van der Waals surface area contributed by atoms with E-state index in [9.17, 15) is 4.39 Å². The van der Waals surface area contributed by atoms with Gasteiger partial charge in [-0.15, -0.1) is 0 Å². The number of aromatic nitrogens is 4. The van der Waals surface area contributed by atoms with Crippen molar-refractivity contribution in [3.63, 3.8) is 0 Å². The predicted octanol–water partition coefficient (Wildman–Crippen LogP) is 4.90. The minimum absolute atomic E-state index is 0.0880. The maximum atomic E-state index is 13.8. The van der Waals surface area contributed by atoms with E-state index in [4.69, 9.17) is 4.74 Å². The van der Waals surface area contributed by atoms with Crippen LogP contribution in [0.4, 0.5) is 10.1 Å². The second kappa shape index (κ2) is 9.11. The summed E-state index contributed by atoms with van der Waals surface area (Å²) in [5, 5.41) is 0.